The zero-order valence-corrected chi connectivity index (χ0v) is 20.0. The number of nitrogens with one attached hydrogen (secondary N) is 2. The van der Waals surface area contributed by atoms with Crippen LogP contribution in [0.5, 0.6) is 0 Å². The number of hydrogen-bond acceptors (Lipinski definition) is 6. The number of amidine groups is 1. The van der Waals surface area contributed by atoms with E-state index in [1.165, 1.54) is 6.07 Å². The number of ether oxygens (including phenoxy) is 1. The van der Waals surface area contributed by atoms with Crippen molar-refractivity contribution in [3.8, 4) is 0 Å². The van der Waals surface area contributed by atoms with Crippen LogP contribution in [0.4, 0.5) is 4.39 Å². The summed E-state index contributed by atoms with van der Waals surface area (Å²) in [5.74, 6) is 0.0426. The Morgan fingerprint density at radius 3 is 2.58 bits per heavy atom. The first-order valence-electron chi connectivity index (χ1n) is 11.3. The predicted octanol–water partition coefficient (Wildman–Crippen LogP) is 3.44. The molecule has 1 aromatic carbocycles. The molecule has 2 fully saturated rings. The lowest BCUT2D eigenvalue weighted by atomic mass is 9.93. The van der Waals surface area contributed by atoms with Gasteiger partial charge in [0.15, 0.2) is 0 Å². The number of nitrogens with zero attached hydrogens (tertiary/aromatic N) is 2. The van der Waals surface area contributed by atoms with Gasteiger partial charge in [-0.3, -0.25) is 4.98 Å². The lowest BCUT2D eigenvalue weighted by Crippen LogP contribution is -2.59. The van der Waals surface area contributed by atoms with Gasteiger partial charge in [-0.2, -0.15) is 0 Å². The van der Waals surface area contributed by atoms with E-state index in [0.29, 0.717) is 11.5 Å². The zero-order valence-electron chi connectivity index (χ0n) is 19.2. The Balaban J connectivity index is 1.50. The summed E-state index contributed by atoms with van der Waals surface area (Å²) >= 11 is 0. The van der Waals surface area contributed by atoms with E-state index in [9.17, 15) is 12.8 Å². The molecule has 3 heterocycles. The number of pyridine rings is 1. The van der Waals surface area contributed by atoms with Gasteiger partial charge >= 0.3 is 0 Å². The Kier molecular flexibility index (Phi) is 6.72. The van der Waals surface area contributed by atoms with E-state index in [1.54, 1.807) is 45.2 Å². The summed E-state index contributed by atoms with van der Waals surface area (Å²) in [5.41, 5.74) is 1.22. The van der Waals surface area contributed by atoms with Gasteiger partial charge in [-0.1, -0.05) is 24.3 Å². The second-order valence-corrected chi connectivity index (χ2v) is 11.2. The summed E-state index contributed by atoms with van der Waals surface area (Å²) in [6.07, 6.45) is 4.15. The summed E-state index contributed by atoms with van der Waals surface area (Å²) < 4.78 is 48.8. The van der Waals surface area contributed by atoms with Gasteiger partial charge < -0.3 is 10.1 Å². The van der Waals surface area contributed by atoms with E-state index in [2.05, 4.69) is 20.0 Å². The number of piperidine rings is 1. The normalized spacial score (nSPS) is 24.6. The molecule has 9 heteroatoms. The van der Waals surface area contributed by atoms with Gasteiger partial charge in [0.1, 0.15) is 16.7 Å². The molecule has 7 nitrogen and oxygen atoms in total. The molecule has 33 heavy (non-hydrogen) atoms. The van der Waals surface area contributed by atoms with Crippen molar-refractivity contribution in [3.05, 3.63) is 65.2 Å². The maximum Gasteiger partial charge on any atom is 0.299 e. The van der Waals surface area contributed by atoms with Crippen molar-refractivity contribution in [2.24, 2.45) is 4.99 Å². The molecule has 2 aliphatic rings. The highest BCUT2D eigenvalue weighted by Gasteiger charge is 2.47. The summed E-state index contributed by atoms with van der Waals surface area (Å²) in [6.45, 7) is 7.14. The van der Waals surface area contributed by atoms with Gasteiger partial charge in [0, 0.05) is 23.4 Å². The molecule has 0 aliphatic carbocycles. The Morgan fingerprint density at radius 1 is 1.21 bits per heavy atom. The topological polar surface area (TPSA) is 92.7 Å². The fourth-order valence-corrected chi connectivity index (χ4v) is 6.19. The lowest BCUT2D eigenvalue weighted by molar-refractivity contribution is 0.0762. The standard InChI is InChI=1S/C24H31FN4O3S/c1-16(19-6-4-5-7-20(19)25)28-23-29-33(30,31)22(24(2,3)32-23)14-17-8-9-21(27-15-17)18-10-12-26-13-11-18/h4-9,15-16,18,22,26H,10-14H2,1-3H3,(H,28,29). The van der Waals surface area contributed by atoms with Crippen molar-refractivity contribution in [3.63, 3.8) is 0 Å². The molecule has 0 radical (unpaired) electrons. The summed E-state index contributed by atoms with van der Waals surface area (Å²) in [4.78, 5) is 8.93. The van der Waals surface area contributed by atoms with Crippen LogP contribution >= 0.6 is 0 Å². The number of rotatable bonds is 5. The number of aliphatic imine (C=N–C) groups is 1. The molecule has 2 saturated heterocycles. The molecule has 2 N–H and O–H groups in total. The molecule has 2 aliphatic heterocycles. The van der Waals surface area contributed by atoms with Crippen LogP contribution in [0.1, 0.15) is 62.4 Å². The van der Waals surface area contributed by atoms with Crippen LogP contribution in [-0.4, -0.2) is 43.4 Å². The third-order valence-corrected chi connectivity index (χ3v) is 8.37. The fourth-order valence-electron chi connectivity index (χ4n) is 4.50. The molecule has 0 bridgehead atoms. The highest BCUT2D eigenvalue weighted by Crippen LogP contribution is 2.31. The summed E-state index contributed by atoms with van der Waals surface area (Å²) in [5, 5.41) is 2.52. The first-order valence-corrected chi connectivity index (χ1v) is 12.9. The van der Waals surface area contributed by atoms with Gasteiger partial charge in [-0.15, -0.1) is 0 Å². The molecule has 0 spiro atoms. The van der Waals surface area contributed by atoms with Crippen molar-refractivity contribution < 1.29 is 17.5 Å². The first kappa shape index (κ1) is 23.6. The van der Waals surface area contributed by atoms with E-state index >= 15 is 0 Å². The molecule has 178 valence electrons. The number of benzene rings is 1. The van der Waals surface area contributed by atoms with Crippen molar-refractivity contribution in [2.75, 3.05) is 13.1 Å². The van der Waals surface area contributed by atoms with Crippen molar-refractivity contribution >= 4 is 16.0 Å². The van der Waals surface area contributed by atoms with Crippen LogP contribution < -0.4 is 10.0 Å². The van der Waals surface area contributed by atoms with Gasteiger partial charge in [0.25, 0.3) is 6.02 Å². The Bertz CT molecular complexity index is 1110. The quantitative estimate of drug-likeness (QED) is 0.693. The van der Waals surface area contributed by atoms with Gasteiger partial charge in [-0.25, -0.2) is 22.5 Å². The number of aromatic nitrogens is 1. The highest BCUT2D eigenvalue weighted by molar-refractivity contribution is 7.90. The molecular formula is C24H31FN4O3S. The van der Waals surface area contributed by atoms with E-state index in [4.69, 9.17) is 4.74 Å². The average molecular weight is 475 g/mol. The van der Waals surface area contributed by atoms with Gasteiger partial charge in [0.2, 0.25) is 10.0 Å². The van der Waals surface area contributed by atoms with E-state index in [1.807, 2.05) is 12.1 Å². The van der Waals surface area contributed by atoms with Crippen LogP contribution in [0.2, 0.25) is 0 Å². The van der Waals surface area contributed by atoms with E-state index in [-0.39, 0.29) is 12.4 Å². The Hall–Kier alpha value is -2.52. The van der Waals surface area contributed by atoms with Crippen LogP contribution in [0.15, 0.2) is 47.6 Å². The second-order valence-electron chi connectivity index (χ2n) is 9.29. The molecular weight excluding hydrogens is 443 g/mol. The predicted molar refractivity (Wildman–Crippen MR) is 126 cm³/mol. The first-order chi connectivity index (χ1) is 15.7. The van der Waals surface area contributed by atoms with Crippen LogP contribution in [0.3, 0.4) is 0 Å². The summed E-state index contributed by atoms with van der Waals surface area (Å²) in [6, 6.07) is 9.52. The average Bonchev–Trinajstić information content (AvgIpc) is 2.77. The number of hydrogen-bond donors (Lipinski definition) is 2. The highest BCUT2D eigenvalue weighted by atomic mass is 32.2. The zero-order chi connectivity index (χ0) is 23.6. The van der Waals surface area contributed by atoms with Crippen LogP contribution in [0.25, 0.3) is 0 Å². The van der Waals surface area contributed by atoms with Crippen LogP contribution in [0, 0.1) is 5.82 Å². The number of sulfonamides is 1. The summed E-state index contributed by atoms with van der Waals surface area (Å²) in [7, 11) is -3.78. The molecule has 1 aromatic heterocycles. The molecule has 0 saturated carbocycles. The minimum atomic E-state index is -3.78. The Labute approximate surface area is 194 Å². The van der Waals surface area contributed by atoms with Gasteiger partial charge in [-0.05, 0) is 70.8 Å². The van der Waals surface area contributed by atoms with E-state index in [0.717, 1.165) is 37.2 Å². The maximum absolute atomic E-state index is 14.1. The lowest BCUT2D eigenvalue weighted by Gasteiger charge is -2.39. The van der Waals surface area contributed by atoms with Gasteiger partial charge in [0.05, 0.1) is 6.04 Å². The minimum absolute atomic E-state index is 0.119. The monoisotopic (exact) mass is 474 g/mol. The van der Waals surface area contributed by atoms with Crippen molar-refractivity contribution in [1.82, 2.24) is 15.0 Å². The molecule has 4 rings (SSSR count). The maximum atomic E-state index is 14.1. The minimum Gasteiger partial charge on any atom is -0.457 e. The SMILES string of the molecule is CC(N=C1NS(=O)(=O)C(Cc2ccc(C3CCNCC3)nc2)C(C)(C)O1)c1ccccc1F. The molecule has 2 aromatic rings. The second kappa shape index (κ2) is 9.38. The largest absolute Gasteiger partial charge is 0.457 e. The van der Waals surface area contributed by atoms with Crippen molar-refractivity contribution in [2.45, 2.75) is 62.8 Å². The third-order valence-electron chi connectivity index (χ3n) is 6.43. The molecule has 2 unspecified atom stereocenters. The fraction of sp³-hybridized carbons (Fsp3) is 0.500. The van der Waals surface area contributed by atoms with Crippen molar-refractivity contribution in [1.29, 1.82) is 0 Å². The third kappa shape index (κ3) is 5.35. The molecule has 0 amide bonds. The molecule has 2 atom stereocenters. The van der Waals surface area contributed by atoms with Crippen LogP contribution in [-0.2, 0) is 21.2 Å². The smallest absolute Gasteiger partial charge is 0.299 e. The van der Waals surface area contributed by atoms with E-state index < -0.39 is 32.7 Å². The number of halogens is 1. The Morgan fingerprint density at radius 2 is 1.94 bits per heavy atom.